The van der Waals surface area contributed by atoms with E-state index in [-0.39, 0.29) is 11.0 Å². The predicted molar refractivity (Wildman–Crippen MR) is 73.8 cm³/mol. The number of hydrogen-bond donors (Lipinski definition) is 1. The summed E-state index contributed by atoms with van der Waals surface area (Å²) in [5, 5.41) is 22.8. The van der Waals surface area contributed by atoms with E-state index in [1.807, 2.05) is 6.92 Å². The van der Waals surface area contributed by atoms with Crippen LogP contribution in [0.25, 0.3) is 0 Å². The number of aromatic nitrogens is 4. The summed E-state index contributed by atoms with van der Waals surface area (Å²) < 4.78 is 2.13. The molecule has 8 nitrogen and oxygen atoms in total. The number of thiazole rings is 1. The Balaban J connectivity index is 1.77. The van der Waals surface area contributed by atoms with Crippen molar-refractivity contribution in [3.63, 3.8) is 0 Å². The molecule has 0 bridgehead atoms. The van der Waals surface area contributed by atoms with E-state index in [4.69, 9.17) is 0 Å². The van der Waals surface area contributed by atoms with Crippen LogP contribution in [0.4, 0.5) is 10.1 Å². The molecule has 0 amide bonds. The van der Waals surface area contributed by atoms with Gasteiger partial charge in [-0.2, -0.15) is 0 Å². The van der Waals surface area contributed by atoms with Crippen LogP contribution in [0.2, 0.25) is 0 Å². The fourth-order valence-corrected chi connectivity index (χ4v) is 3.04. The second-order valence-electron chi connectivity index (χ2n) is 4.71. The van der Waals surface area contributed by atoms with Gasteiger partial charge >= 0.3 is 5.00 Å². The Morgan fingerprint density at radius 2 is 2.35 bits per heavy atom. The Bertz CT molecular complexity index is 637. The molecular weight excluding hydrogens is 280 g/mol. The molecule has 0 saturated carbocycles. The standard InChI is InChI=1S/C11H14N6O2S/c1-7(13-11-12-6-9(20-11)17(18)19)10-15-14-8-4-2-3-5-16(8)10/h6-7H,2-5H2,1H3,(H,12,13). The van der Waals surface area contributed by atoms with Crippen LogP contribution >= 0.6 is 11.3 Å². The van der Waals surface area contributed by atoms with Crippen molar-refractivity contribution < 1.29 is 4.92 Å². The van der Waals surface area contributed by atoms with Gasteiger partial charge in [0, 0.05) is 13.0 Å². The molecule has 1 atom stereocenters. The van der Waals surface area contributed by atoms with E-state index in [0.717, 1.165) is 48.8 Å². The van der Waals surface area contributed by atoms with Gasteiger partial charge in [-0.05, 0) is 31.1 Å². The molecule has 0 radical (unpaired) electrons. The molecular formula is C11H14N6O2S. The molecule has 3 rings (SSSR count). The Morgan fingerprint density at radius 3 is 3.10 bits per heavy atom. The summed E-state index contributed by atoms with van der Waals surface area (Å²) in [6, 6.07) is -0.0832. The number of anilines is 1. The second-order valence-corrected chi connectivity index (χ2v) is 5.72. The highest BCUT2D eigenvalue weighted by molar-refractivity contribution is 7.18. The van der Waals surface area contributed by atoms with Crippen molar-refractivity contribution in [3.05, 3.63) is 28.0 Å². The fraction of sp³-hybridized carbons (Fsp3) is 0.545. The SMILES string of the molecule is CC(Nc1ncc([N+](=O)[O-])s1)c1nnc2n1CCCC2. The minimum atomic E-state index is -0.438. The first-order chi connectivity index (χ1) is 9.65. The van der Waals surface area contributed by atoms with Gasteiger partial charge in [0.05, 0.1) is 11.0 Å². The lowest BCUT2D eigenvalue weighted by Gasteiger charge is -2.18. The highest BCUT2D eigenvalue weighted by atomic mass is 32.1. The lowest BCUT2D eigenvalue weighted by Crippen LogP contribution is -2.18. The average Bonchev–Trinajstić information content (AvgIpc) is 3.04. The van der Waals surface area contributed by atoms with Gasteiger partial charge in [-0.15, -0.1) is 10.2 Å². The maximum atomic E-state index is 10.6. The van der Waals surface area contributed by atoms with Gasteiger partial charge in [0.2, 0.25) is 0 Å². The molecule has 0 aromatic carbocycles. The van der Waals surface area contributed by atoms with Crippen molar-refractivity contribution in [2.75, 3.05) is 5.32 Å². The summed E-state index contributed by atoms with van der Waals surface area (Å²) >= 11 is 1.03. The Morgan fingerprint density at radius 1 is 1.50 bits per heavy atom. The molecule has 106 valence electrons. The van der Waals surface area contributed by atoms with Crippen LogP contribution in [0.5, 0.6) is 0 Å². The minimum Gasteiger partial charge on any atom is -0.352 e. The molecule has 0 fully saturated rings. The zero-order valence-corrected chi connectivity index (χ0v) is 11.8. The normalized spacial score (nSPS) is 15.7. The number of hydrogen-bond acceptors (Lipinski definition) is 7. The molecule has 20 heavy (non-hydrogen) atoms. The molecule has 2 aromatic heterocycles. The highest BCUT2D eigenvalue weighted by Gasteiger charge is 2.21. The van der Waals surface area contributed by atoms with Gasteiger partial charge < -0.3 is 9.88 Å². The lowest BCUT2D eigenvalue weighted by atomic mass is 10.1. The minimum absolute atomic E-state index is 0.0305. The molecule has 2 aromatic rings. The summed E-state index contributed by atoms with van der Waals surface area (Å²) in [5.74, 6) is 1.88. The van der Waals surface area contributed by atoms with Gasteiger partial charge in [0.15, 0.2) is 11.0 Å². The maximum Gasteiger partial charge on any atom is 0.345 e. The van der Waals surface area contributed by atoms with Crippen molar-refractivity contribution in [2.24, 2.45) is 0 Å². The summed E-state index contributed by atoms with van der Waals surface area (Å²) in [4.78, 5) is 14.2. The van der Waals surface area contributed by atoms with E-state index in [0.29, 0.717) is 5.13 Å². The molecule has 0 saturated heterocycles. The highest BCUT2D eigenvalue weighted by Crippen LogP contribution is 2.28. The van der Waals surface area contributed by atoms with Crippen molar-refractivity contribution in [3.8, 4) is 0 Å². The van der Waals surface area contributed by atoms with Gasteiger partial charge in [-0.25, -0.2) is 4.98 Å². The van der Waals surface area contributed by atoms with Crippen molar-refractivity contribution >= 4 is 21.5 Å². The zero-order chi connectivity index (χ0) is 14.1. The van der Waals surface area contributed by atoms with Crippen molar-refractivity contribution in [1.29, 1.82) is 0 Å². The topological polar surface area (TPSA) is 98.8 Å². The van der Waals surface area contributed by atoms with Crippen molar-refractivity contribution in [2.45, 2.75) is 38.8 Å². The third kappa shape index (κ3) is 2.36. The number of nitrogens with one attached hydrogen (secondary N) is 1. The smallest absolute Gasteiger partial charge is 0.345 e. The predicted octanol–water partition coefficient (Wildman–Crippen LogP) is 2.15. The average molecular weight is 294 g/mol. The number of nitrogens with zero attached hydrogens (tertiary/aromatic N) is 5. The third-order valence-corrected chi connectivity index (χ3v) is 4.17. The van der Waals surface area contributed by atoms with Gasteiger partial charge in [0.1, 0.15) is 12.0 Å². The van der Waals surface area contributed by atoms with Crippen LogP contribution in [0.3, 0.4) is 0 Å². The van der Waals surface area contributed by atoms with Crippen LogP contribution < -0.4 is 5.32 Å². The third-order valence-electron chi connectivity index (χ3n) is 3.29. The van der Waals surface area contributed by atoms with E-state index in [1.165, 1.54) is 6.20 Å². The van der Waals surface area contributed by atoms with Crippen LogP contribution in [0.1, 0.15) is 37.5 Å². The van der Waals surface area contributed by atoms with Crippen molar-refractivity contribution in [1.82, 2.24) is 19.7 Å². The van der Waals surface area contributed by atoms with Gasteiger partial charge in [-0.3, -0.25) is 10.1 Å². The van der Waals surface area contributed by atoms with Crippen LogP contribution in [-0.4, -0.2) is 24.7 Å². The van der Waals surface area contributed by atoms with Crippen LogP contribution in [-0.2, 0) is 13.0 Å². The summed E-state index contributed by atoms with van der Waals surface area (Å²) in [5.41, 5.74) is 0. The molecule has 9 heteroatoms. The monoisotopic (exact) mass is 294 g/mol. The van der Waals surface area contributed by atoms with Gasteiger partial charge in [0.25, 0.3) is 0 Å². The quantitative estimate of drug-likeness (QED) is 0.685. The first-order valence-electron chi connectivity index (χ1n) is 6.44. The summed E-state index contributed by atoms with van der Waals surface area (Å²) in [7, 11) is 0. The Kier molecular flexibility index (Phi) is 3.35. The molecule has 3 heterocycles. The van der Waals surface area contributed by atoms with E-state index >= 15 is 0 Å². The first-order valence-corrected chi connectivity index (χ1v) is 7.25. The summed E-state index contributed by atoms with van der Waals surface area (Å²) in [6.07, 6.45) is 4.51. The molecule has 0 spiro atoms. The summed E-state index contributed by atoms with van der Waals surface area (Å²) in [6.45, 7) is 2.89. The van der Waals surface area contributed by atoms with Crippen LogP contribution in [0.15, 0.2) is 6.20 Å². The lowest BCUT2D eigenvalue weighted by molar-refractivity contribution is -0.380. The van der Waals surface area contributed by atoms with E-state index in [1.54, 1.807) is 0 Å². The number of aryl methyl sites for hydroxylation is 1. The molecule has 1 aliphatic rings. The molecule has 0 aliphatic carbocycles. The molecule has 1 aliphatic heterocycles. The first kappa shape index (κ1) is 13.0. The number of fused-ring (bicyclic) bond motifs is 1. The Hall–Kier alpha value is -2.03. The van der Waals surface area contributed by atoms with Crippen LogP contribution in [0, 0.1) is 10.1 Å². The van der Waals surface area contributed by atoms with E-state index in [2.05, 4.69) is 25.1 Å². The van der Waals surface area contributed by atoms with E-state index < -0.39 is 4.92 Å². The zero-order valence-electron chi connectivity index (χ0n) is 10.9. The molecule has 1 N–H and O–H groups in total. The maximum absolute atomic E-state index is 10.6. The number of nitro groups is 1. The van der Waals surface area contributed by atoms with E-state index in [9.17, 15) is 10.1 Å². The largest absolute Gasteiger partial charge is 0.352 e. The molecule has 1 unspecified atom stereocenters. The second kappa shape index (κ2) is 5.16. The Labute approximate surface area is 119 Å². The number of rotatable bonds is 4. The fourth-order valence-electron chi connectivity index (χ4n) is 2.32. The van der Waals surface area contributed by atoms with Gasteiger partial charge in [-0.1, -0.05) is 0 Å².